The maximum absolute atomic E-state index is 13.9. The topological polar surface area (TPSA) is 57.6 Å². The summed E-state index contributed by atoms with van der Waals surface area (Å²) in [6.45, 7) is -0.000529. The number of carbonyl (C=O) groups excluding carboxylic acids is 1. The number of halogens is 2. The number of carboxylic acids is 1. The maximum atomic E-state index is 13.9. The van der Waals surface area contributed by atoms with Crippen molar-refractivity contribution in [1.29, 1.82) is 0 Å². The van der Waals surface area contributed by atoms with Crippen molar-refractivity contribution in [2.24, 2.45) is 0 Å². The van der Waals surface area contributed by atoms with E-state index in [1.165, 1.54) is 23.1 Å². The van der Waals surface area contributed by atoms with E-state index >= 15 is 0 Å². The second-order valence-corrected chi connectivity index (χ2v) is 5.91. The predicted molar refractivity (Wildman–Crippen MR) is 82.6 cm³/mol. The van der Waals surface area contributed by atoms with Crippen LogP contribution < -0.4 is 4.90 Å². The van der Waals surface area contributed by atoms with Crippen LogP contribution in [0.3, 0.4) is 0 Å². The minimum absolute atomic E-state index is 0.000529. The van der Waals surface area contributed by atoms with Crippen LogP contribution in [0.5, 0.6) is 0 Å². The zero-order valence-electron chi connectivity index (χ0n) is 11.3. The van der Waals surface area contributed by atoms with Gasteiger partial charge >= 0.3 is 5.97 Å². The molecule has 4 nitrogen and oxygen atoms in total. The minimum Gasteiger partial charge on any atom is -0.481 e. The Morgan fingerprint density at radius 1 is 1.23 bits per heavy atom. The van der Waals surface area contributed by atoms with E-state index in [9.17, 15) is 19.1 Å². The molecule has 0 saturated heterocycles. The summed E-state index contributed by atoms with van der Waals surface area (Å²) >= 11 is 3.21. The highest BCUT2D eigenvalue weighted by Crippen LogP contribution is 2.37. The molecule has 0 spiro atoms. The molecule has 1 amide bonds. The number of amides is 1. The number of anilines is 1. The normalized spacial score (nSPS) is 16.5. The van der Waals surface area contributed by atoms with E-state index in [0.717, 1.165) is 0 Å². The Bertz CT molecular complexity index is 778. The number of fused-ring (bicyclic) bond motifs is 1. The van der Waals surface area contributed by atoms with Gasteiger partial charge in [-0.2, -0.15) is 0 Å². The van der Waals surface area contributed by atoms with E-state index in [1.54, 1.807) is 24.3 Å². The van der Waals surface area contributed by atoms with Crippen LogP contribution in [0.15, 0.2) is 46.9 Å². The molecule has 1 unspecified atom stereocenters. The third-order valence-electron chi connectivity index (χ3n) is 3.67. The molecule has 3 rings (SSSR count). The molecular weight excluding hydrogens is 353 g/mol. The van der Waals surface area contributed by atoms with E-state index < -0.39 is 23.6 Å². The number of carboxylic acid groups (broad SMARTS) is 1. The van der Waals surface area contributed by atoms with Gasteiger partial charge in [-0.05, 0) is 29.8 Å². The molecule has 1 aliphatic heterocycles. The van der Waals surface area contributed by atoms with E-state index in [2.05, 4.69) is 15.9 Å². The van der Waals surface area contributed by atoms with Gasteiger partial charge in [0, 0.05) is 16.7 Å². The summed E-state index contributed by atoms with van der Waals surface area (Å²) in [5.74, 6) is -2.98. The summed E-state index contributed by atoms with van der Waals surface area (Å²) in [4.78, 5) is 25.3. The van der Waals surface area contributed by atoms with Crippen molar-refractivity contribution < 1.29 is 19.1 Å². The monoisotopic (exact) mass is 363 g/mol. The van der Waals surface area contributed by atoms with Crippen molar-refractivity contribution in [3.05, 3.63) is 63.9 Å². The molecule has 0 fully saturated rings. The molecule has 0 aromatic heterocycles. The number of hydrogen-bond donors (Lipinski definition) is 1. The molecule has 6 heteroatoms. The highest BCUT2D eigenvalue weighted by Gasteiger charge is 2.37. The Labute approximate surface area is 134 Å². The van der Waals surface area contributed by atoms with E-state index in [0.29, 0.717) is 15.7 Å². The largest absolute Gasteiger partial charge is 0.481 e. The summed E-state index contributed by atoms with van der Waals surface area (Å²) in [5.41, 5.74) is 0.994. The highest BCUT2D eigenvalue weighted by atomic mass is 79.9. The Morgan fingerprint density at radius 3 is 2.68 bits per heavy atom. The van der Waals surface area contributed by atoms with Crippen LogP contribution in [0.4, 0.5) is 10.1 Å². The predicted octanol–water partition coefficient (Wildman–Crippen LogP) is 3.42. The number of rotatable bonds is 2. The Kier molecular flexibility index (Phi) is 3.70. The van der Waals surface area contributed by atoms with Gasteiger partial charge in [-0.3, -0.25) is 9.59 Å². The highest BCUT2D eigenvalue weighted by molar-refractivity contribution is 9.10. The van der Waals surface area contributed by atoms with Gasteiger partial charge in [-0.25, -0.2) is 4.39 Å². The molecule has 0 bridgehead atoms. The van der Waals surface area contributed by atoms with Crippen LogP contribution >= 0.6 is 15.9 Å². The standard InChI is InChI=1S/C16H11BrFNO3/c17-9-5-6-13(18)11(7-9)15(20)19-8-12(16(21)22)10-3-1-2-4-14(10)19/h1-7,12H,8H2,(H,21,22). The van der Waals surface area contributed by atoms with Gasteiger partial charge in [0.15, 0.2) is 0 Å². The fourth-order valence-corrected chi connectivity index (χ4v) is 2.98. The zero-order chi connectivity index (χ0) is 15.9. The third kappa shape index (κ3) is 2.39. The Balaban J connectivity index is 2.04. The fourth-order valence-electron chi connectivity index (χ4n) is 2.62. The number of carbonyl (C=O) groups is 2. The molecule has 112 valence electrons. The lowest BCUT2D eigenvalue weighted by Gasteiger charge is -2.18. The summed E-state index contributed by atoms with van der Waals surface area (Å²) in [5, 5.41) is 9.31. The minimum atomic E-state index is -1.00. The average molecular weight is 364 g/mol. The van der Waals surface area contributed by atoms with Crippen molar-refractivity contribution >= 4 is 33.5 Å². The first kappa shape index (κ1) is 14.7. The Hall–Kier alpha value is -2.21. The summed E-state index contributed by atoms with van der Waals surface area (Å²) in [6, 6.07) is 10.9. The summed E-state index contributed by atoms with van der Waals surface area (Å²) in [6.07, 6.45) is 0. The number of aliphatic carboxylic acids is 1. The first-order valence-corrected chi connectivity index (χ1v) is 7.37. The molecule has 22 heavy (non-hydrogen) atoms. The van der Waals surface area contributed by atoms with Crippen molar-refractivity contribution in [3.8, 4) is 0 Å². The lowest BCUT2D eigenvalue weighted by Crippen LogP contribution is -2.31. The molecular formula is C16H11BrFNO3. The number of benzene rings is 2. The molecule has 1 atom stereocenters. The molecule has 1 aliphatic rings. The second-order valence-electron chi connectivity index (χ2n) is 4.99. The fraction of sp³-hybridized carbons (Fsp3) is 0.125. The van der Waals surface area contributed by atoms with E-state index in [-0.39, 0.29) is 12.1 Å². The van der Waals surface area contributed by atoms with Crippen LogP contribution in [0.25, 0.3) is 0 Å². The van der Waals surface area contributed by atoms with Crippen LogP contribution in [-0.2, 0) is 4.79 Å². The number of nitrogens with zero attached hydrogens (tertiary/aromatic N) is 1. The number of hydrogen-bond acceptors (Lipinski definition) is 2. The summed E-state index contributed by atoms with van der Waals surface area (Å²) in [7, 11) is 0. The van der Waals surface area contributed by atoms with Gasteiger partial charge in [-0.15, -0.1) is 0 Å². The second kappa shape index (κ2) is 5.53. The average Bonchev–Trinajstić information content (AvgIpc) is 2.89. The molecule has 2 aromatic carbocycles. The van der Waals surface area contributed by atoms with Gasteiger partial charge in [0.05, 0.1) is 5.56 Å². The van der Waals surface area contributed by atoms with Gasteiger partial charge in [0.2, 0.25) is 0 Å². The first-order chi connectivity index (χ1) is 10.5. The molecule has 2 aromatic rings. The zero-order valence-corrected chi connectivity index (χ0v) is 12.9. The lowest BCUT2D eigenvalue weighted by molar-refractivity contribution is -0.138. The Morgan fingerprint density at radius 2 is 1.95 bits per heavy atom. The van der Waals surface area contributed by atoms with E-state index in [1.807, 2.05) is 0 Å². The van der Waals surface area contributed by atoms with Gasteiger partial charge in [-0.1, -0.05) is 34.1 Å². The van der Waals surface area contributed by atoms with Gasteiger partial charge in [0.1, 0.15) is 11.7 Å². The summed E-state index contributed by atoms with van der Waals surface area (Å²) < 4.78 is 14.5. The quantitative estimate of drug-likeness (QED) is 0.889. The lowest BCUT2D eigenvalue weighted by atomic mass is 10.0. The van der Waals surface area contributed by atoms with Gasteiger partial charge in [0.25, 0.3) is 5.91 Å². The molecule has 1 heterocycles. The van der Waals surface area contributed by atoms with Crippen molar-refractivity contribution in [2.75, 3.05) is 11.4 Å². The first-order valence-electron chi connectivity index (χ1n) is 6.57. The van der Waals surface area contributed by atoms with Crippen molar-refractivity contribution in [2.45, 2.75) is 5.92 Å². The molecule has 1 N–H and O–H groups in total. The van der Waals surface area contributed by atoms with Crippen LogP contribution in [0.2, 0.25) is 0 Å². The maximum Gasteiger partial charge on any atom is 0.312 e. The van der Waals surface area contributed by atoms with Crippen LogP contribution in [0.1, 0.15) is 21.8 Å². The third-order valence-corrected chi connectivity index (χ3v) is 4.16. The molecule has 0 radical (unpaired) electrons. The molecule has 0 aliphatic carbocycles. The van der Waals surface area contributed by atoms with Gasteiger partial charge < -0.3 is 10.0 Å². The SMILES string of the molecule is O=C(O)C1CN(C(=O)c2cc(Br)ccc2F)c2ccccc21. The molecule has 0 saturated carbocycles. The van der Waals surface area contributed by atoms with Crippen molar-refractivity contribution in [1.82, 2.24) is 0 Å². The van der Waals surface area contributed by atoms with Crippen LogP contribution in [-0.4, -0.2) is 23.5 Å². The van der Waals surface area contributed by atoms with E-state index in [4.69, 9.17) is 0 Å². The smallest absolute Gasteiger partial charge is 0.312 e. The van der Waals surface area contributed by atoms with Crippen LogP contribution in [0, 0.1) is 5.82 Å². The number of para-hydroxylation sites is 1. The van der Waals surface area contributed by atoms with Crippen molar-refractivity contribution in [3.63, 3.8) is 0 Å².